The molecule has 1 saturated heterocycles. The molecule has 2 bridgehead atoms. The number of carbonyl (C=O) groups is 2. The lowest BCUT2D eigenvalue weighted by molar-refractivity contribution is -0.140. The van der Waals surface area contributed by atoms with Crippen molar-refractivity contribution >= 4 is 17.8 Å². The number of guanidine groups is 1. The zero-order valence-electron chi connectivity index (χ0n) is 13.3. The van der Waals surface area contributed by atoms with Crippen LogP contribution >= 0.6 is 0 Å². The fourth-order valence-corrected chi connectivity index (χ4v) is 4.44. The Morgan fingerprint density at radius 2 is 1.87 bits per heavy atom. The van der Waals surface area contributed by atoms with E-state index in [4.69, 9.17) is 5.73 Å². The van der Waals surface area contributed by atoms with E-state index in [1.165, 1.54) is 24.2 Å². The minimum atomic E-state index is -0.109. The van der Waals surface area contributed by atoms with Gasteiger partial charge in [-0.15, -0.1) is 0 Å². The highest BCUT2D eigenvalue weighted by atomic mass is 16.2. The van der Waals surface area contributed by atoms with E-state index in [1.807, 2.05) is 0 Å². The Labute approximate surface area is 136 Å². The quantitative estimate of drug-likeness (QED) is 0.335. The van der Waals surface area contributed by atoms with Crippen molar-refractivity contribution in [3.05, 3.63) is 12.2 Å². The number of hydrogen-bond donors (Lipinski definition) is 2. The van der Waals surface area contributed by atoms with Crippen molar-refractivity contribution in [1.82, 2.24) is 10.2 Å². The Morgan fingerprint density at radius 3 is 2.43 bits per heavy atom. The molecule has 3 fully saturated rings. The van der Waals surface area contributed by atoms with E-state index in [2.05, 4.69) is 22.5 Å². The highest BCUT2D eigenvalue weighted by molar-refractivity contribution is 6.06. The summed E-state index contributed by atoms with van der Waals surface area (Å²) in [4.78, 5) is 30.8. The molecule has 1 heterocycles. The topological polar surface area (TPSA) is 87.8 Å². The van der Waals surface area contributed by atoms with Gasteiger partial charge < -0.3 is 11.1 Å². The number of amides is 2. The maximum Gasteiger partial charge on any atom is 0.233 e. The summed E-state index contributed by atoms with van der Waals surface area (Å²) in [5.74, 6) is 1.43. The van der Waals surface area contributed by atoms with Crippen LogP contribution in [0.25, 0.3) is 0 Å². The van der Waals surface area contributed by atoms with Crippen LogP contribution in [0.15, 0.2) is 17.1 Å². The molecule has 4 atom stereocenters. The molecule has 2 amide bonds. The molecule has 6 nitrogen and oxygen atoms in total. The summed E-state index contributed by atoms with van der Waals surface area (Å²) < 4.78 is 0. The SMILES string of the molecule is NC(=NCC1CCC1)NCCN1C(=O)C2C3C=CC(C3)C2C1=O. The number of aliphatic imine (C=N–C) groups is 1. The molecule has 0 aromatic heterocycles. The first kappa shape index (κ1) is 14.7. The molecular formula is C17H24N4O2. The second-order valence-electron chi connectivity index (χ2n) is 7.28. The van der Waals surface area contributed by atoms with Crippen LogP contribution in [0.2, 0.25) is 0 Å². The first-order valence-electron chi connectivity index (χ1n) is 8.72. The molecule has 0 radical (unpaired) electrons. The minimum absolute atomic E-state index is 0.00336. The molecule has 6 heteroatoms. The predicted octanol–water partition coefficient (Wildman–Crippen LogP) is 0.498. The molecule has 3 N–H and O–H groups in total. The first-order valence-corrected chi connectivity index (χ1v) is 8.72. The molecule has 0 aromatic rings. The van der Waals surface area contributed by atoms with Gasteiger partial charge in [0.1, 0.15) is 0 Å². The Morgan fingerprint density at radius 1 is 1.22 bits per heavy atom. The number of carbonyl (C=O) groups excluding carboxylic acids is 2. The molecule has 0 spiro atoms. The third-order valence-corrected chi connectivity index (χ3v) is 5.95. The normalized spacial score (nSPS) is 35.8. The summed E-state index contributed by atoms with van der Waals surface area (Å²) in [6.45, 7) is 1.63. The van der Waals surface area contributed by atoms with Gasteiger partial charge in [-0.1, -0.05) is 18.6 Å². The largest absolute Gasteiger partial charge is 0.370 e. The highest BCUT2D eigenvalue weighted by Crippen LogP contribution is 2.52. The van der Waals surface area contributed by atoms with Crippen molar-refractivity contribution < 1.29 is 9.59 Å². The van der Waals surface area contributed by atoms with Crippen molar-refractivity contribution in [1.29, 1.82) is 0 Å². The van der Waals surface area contributed by atoms with Crippen molar-refractivity contribution in [2.75, 3.05) is 19.6 Å². The standard InChI is InChI=1S/C17H24N4O2/c18-17(20-9-10-2-1-3-10)19-6-7-21-15(22)13-11-4-5-12(8-11)14(13)16(21)23/h4-5,10-14H,1-3,6-9H2,(H3,18,19,20). The van der Waals surface area contributed by atoms with Gasteiger partial charge in [0.2, 0.25) is 11.8 Å². The number of fused-ring (bicyclic) bond motifs is 5. The summed E-state index contributed by atoms with van der Waals surface area (Å²) in [7, 11) is 0. The van der Waals surface area contributed by atoms with E-state index in [0.717, 1.165) is 13.0 Å². The molecule has 4 unspecified atom stereocenters. The average molecular weight is 316 g/mol. The smallest absolute Gasteiger partial charge is 0.233 e. The van der Waals surface area contributed by atoms with Crippen molar-refractivity contribution in [3.63, 3.8) is 0 Å². The third-order valence-electron chi connectivity index (χ3n) is 5.95. The first-order chi connectivity index (χ1) is 11.1. The lowest BCUT2D eigenvalue weighted by Crippen LogP contribution is -2.42. The van der Waals surface area contributed by atoms with Crippen molar-refractivity contribution in [3.8, 4) is 0 Å². The highest BCUT2D eigenvalue weighted by Gasteiger charge is 2.58. The Kier molecular flexibility index (Phi) is 3.62. The number of rotatable bonds is 5. The predicted molar refractivity (Wildman–Crippen MR) is 86.3 cm³/mol. The molecule has 1 aliphatic heterocycles. The minimum Gasteiger partial charge on any atom is -0.370 e. The van der Waals surface area contributed by atoms with E-state index in [9.17, 15) is 9.59 Å². The Balaban J connectivity index is 1.28. The van der Waals surface area contributed by atoms with E-state index in [0.29, 0.717) is 25.0 Å². The average Bonchev–Trinajstić information content (AvgIpc) is 3.14. The van der Waals surface area contributed by atoms with Gasteiger partial charge >= 0.3 is 0 Å². The Hall–Kier alpha value is -1.85. The number of allylic oxidation sites excluding steroid dienone is 2. The molecule has 4 aliphatic rings. The van der Waals surface area contributed by atoms with E-state index < -0.39 is 0 Å². The second kappa shape index (κ2) is 5.65. The number of hydrogen-bond acceptors (Lipinski definition) is 3. The molecule has 0 aromatic carbocycles. The summed E-state index contributed by atoms with van der Waals surface area (Å²) in [5.41, 5.74) is 5.84. The maximum atomic E-state index is 12.5. The zero-order valence-corrected chi connectivity index (χ0v) is 13.3. The maximum absolute atomic E-state index is 12.5. The fourth-order valence-electron chi connectivity index (χ4n) is 4.44. The molecule has 124 valence electrons. The van der Waals surface area contributed by atoms with Crippen LogP contribution in [0.4, 0.5) is 0 Å². The van der Waals surface area contributed by atoms with E-state index in [-0.39, 0.29) is 35.5 Å². The fraction of sp³-hybridized carbons (Fsp3) is 0.706. The second-order valence-corrected chi connectivity index (χ2v) is 7.28. The van der Waals surface area contributed by atoms with Gasteiger partial charge in [-0.2, -0.15) is 0 Å². The molecule has 23 heavy (non-hydrogen) atoms. The van der Waals surface area contributed by atoms with Gasteiger partial charge in [0, 0.05) is 19.6 Å². The van der Waals surface area contributed by atoms with Crippen LogP contribution in [0, 0.1) is 29.6 Å². The number of imide groups is 1. The monoisotopic (exact) mass is 316 g/mol. The molecule has 3 aliphatic carbocycles. The van der Waals surface area contributed by atoms with Gasteiger partial charge in [0.05, 0.1) is 11.8 Å². The van der Waals surface area contributed by atoms with Gasteiger partial charge in [0.15, 0.2) is 5.96 Å². The molecular weight excluding hydrogens is 292 g/mol. The van der Waals surface area contributed by atoms with Crippen molar-refractivity contribution in [2.24, 2.45) is 40.3 Å². The molecule has 4 rings (SSSR count). The van der Waals surface area contributed by atoms with E-state index in [1.54, 1.807) is 0 Å². The van der Waals surface area contributed by atoms with Gasteiger partial charge in [0.25, 0.3) is 0 Å². The summed E-state index contributed by atoms with van der Waals surface area (Å²) >= 11 is 0. The van der Waals surface area contributed by atoms with Crippen molar-refractivity contribution in [2.45, 2.75) is 25.7 Å². The van der Waals surface area contributed by atoms with Crippen LogP contribution in [-0.2, 0) is 9.59 Å². The molecule has 2 saturated carbocycles. The third kappa shape index (κ3) is 2.44. The van der Waals surface area contributed by atoms with Gasteiger partial charge in [-0.05, 0) is 37.0 Å². The number of nitrogens with one attached hydrogen (secondary N) is 1. The zero-order chi connectivity index (χ0) is 16.0. The lowest BCUT2D eigenvalue weighted by atomic mass is 9.85. The van der Waals surface area contributed by atoms with Gasteiger partial charge in [-0.25, -0.2) is 0 Å². The number of likely N-dealkylation sites (tertiary alicyclic amines) is 1. The lowest BCUT2D eigenvalue weighted by Gasteiger charge is -2.23. The summed E-state index contributed by atoms with van der Waals surface area (Å²) in [5, 5.41) is 3.02. The van der Waals surface area contributed by atoms with Crippen LogP contribution in [-0.4, -0.2) is 42.3 Å². The van der Waals surface area contributed by atoms with Crippen LogP contribution in [0.3, 0.4) is 0 Å². The Bertz CT molecular complexity index is 551. The number of nitrogens with two attached hydrogens (primary N) is 1. The van der Waals surface area contributed by atoms with Gasteiger partial charge in [-0.3, -0.25) is 19.5 Å². The summed E-state index contributed by atoms with van der Waals surface area (Å²) in [6.07, 6.45) is 8.98. The summed E-state index contributed by atoms with van der Waals surface area (Å²) in [6, 6.07) is 0. The van der Waals surface area contributed by atoms with Crippen LogP contribution < -0.4 is 11.1 Å². The van der Waals surface area contributed by atoms with Crippen LogP contribution in [0.1, 0.15) is 25.7 Å². The van der Waals surface area contributed by atoms with Crippen LogP contribution in [0.5, 0.6) is 0 Å². The number of nitrogens with zero attached hydrogens (tertiary/aromatic N) is 2. The van der Waals surface area contributed by atoms with E-state index >= 15 is 0 Å².